The van der Waals surface area contributed by atoms with Crippen LogP contribution in [0.4, 0.5) is 0 Å². The number of aliphatic hydroxyl groups is 1. The van der Waals surface area contributed by atoms with Gasteiger partial charge in [0.15, 0.2) is 11.5 Å². The predicted molar refractivity (Wildman–Crippen MR) is 55.7 cm³/mol. The maximum Gasteiger partial charge on any atom is 0.231 e. The molecule has 16 heavy (non-hydrogen) atoms. The van der Waals surface area contributed by atoms with Gasteiger partial charge in [0.1, 0.15) is 6.10 Å². The molecule has 0 aliphatic carbocycles. The van der Waals surface area contributed by atoms with Gasteiger partial charge in [0.25, 0.3) is 0 Å². The number of aliphatic hydroxyl groups excluding tert-OH is 1. The van der Waals surface area contributed by atoms with Crippen molar-refractivity contribution in [1.29, 1.82) is 0 Å². The first-order chi connectivity index (χ1) is 7.47. The molecule has 2 N–H and O–H groups in total. The van der Waals surface area contributed by atoms with E-state index in [0.29, 0.717) is 0 Å². The number of aromatic hydroxyl groups is 1. The third kappa shape index (κ3) is 2.38. The molecule has 0 saturated carbocycles. The van der Waals surface area contributed by atoms with Crippen molar-refractivity contribution in [2.75, 3.05) is 7.11 Å². The fourth-order valence-corrected chi connectivity index (χ4v) is 1.16. The van der Waals surface area contributed by atoms with Crippen LogP contribution in [0.3, 0.4) is 0 Å². The van der Waals surface area contributed by atoms with Crippen LogP contribution in [-0.4, -0.2) is 35.0 Å². The third-order valence-corrected chi connectivity index (χ3v) is 2.04. The Bertz CT molecular complexity index is 422. The second-order valence-electron chi connectivity index (χ2n) is 3.26. The van der Waals surface area contributed by atoms with Gasteiger partial charge in [-0.15, -0.1) is 0 Å². The van der Waals surface area contributed by atoms with Gasteiger partial charge in [-0.25, -0.2) is 0 Å². The van der Waals surface area contributed by atoms with Crippen molar-refractivity contribution in [2.45, 2.75) is 13.0 Å². The first-order valence-electron chi connectivity index (χ1n) is 4.61. The molecule has 1 aromatic carbocycles. The van der Waals surface area contributed by atoms with Gasteiger partial charge in [0, 0.05) is 5.56 Å². The molecule has 0 aliphatic heterocycles. The number of rotatable bonds is 4. The quantitative estimate of drug-likeness (QED) is 0.575. The minimum Gasteiger partial charge on any atom is -0.504 e. The largest absolute Gasteiger partial charge is 0.504 e. The number of hydrogen-bond acceptors (Lipinski definition) is 5. The molecule has 0 fully saturated rings. The molecule has 0 spiro atoms. The highest BCUT2D eigenvalue weighted by Gasteiger charge is 2.21. The summed E-state index contributed by atoms with van der Waals surface area (Å²) in [6.45, 7) is 1.21. The minimum atomic E-state index is -1.35. The van der Waals surface area contributed by atoms with Crippen LogP contribution >= 0.6 is 0 Å². The molecule has 1 atom stereocenters. The number of ether oxygens (including phenoxy) is 1. The van der Waals surface area contributed by atoms with Crippen molar-refractivity contribution in [1.82, 2.24) is 0 Å². The number of carbonyl (C=O) groups excluding carboxylic acids is 2. The first kappa shape index (κ1) is 12.2. The molecule has 5 nitrogen and oxygen atoms in total. The first-order valence-corrected chi connectivity index (χ1v) is 4.61. The maximum atomic E-state index is 11.5. The second-order valence-corrected chi connectivity index (χ2v) is 3.26. The number of phenolic OH excluding ortho intramolecular Hbond substituents is 1. The van der Waals surface area contributed by atoms with Crippen LogP contribution < -0.4 is 4.74 Å². The van der Waals surface area contributed by atoms with Crippen LogP contribution in [0.25, 0.3) is 0 Å². The number of carbonyl (C=O) groups is 2. The van der Waals surface area contributed by atoms with Gasteiger partial charge < -0.3 is 14.9 Å². The summed E-state index contributed by atoms with van der Waals surface area (Å²) in [4.78, 5) is 22.7. The number of benzene rings is 1. The number of hydrogen-bond donors (Lipinski definition) is 2. The molecule has 0 bridgehead atoms. The number of methoxy groups -OCH3 is 1. The minimum absolute atomic E-state index is 0.0178. The molecule has 0 aromatic heterocycles. The lowest BCUT2D eigenvalue weighted by atomic mass is 10.0. The van der Waals surface area contributed by atoms with Gasteiger partial charge in [0.2, 0.25) is 11.6 Å². The van der Waals surface area contributed by atoms with Crippen molar-refractivity contribution in [2.24, 2.45) is 0 Å². The van der Waals surface area contributed by atoms with Gasteiger partial charge >= 0.3 is 0 Å². The topological polar surface area (TPSA) is 83.8 Å². The van der Waals surface area contributed by atoms with E-state index in [1.54, 1.807) is 0 Å². The van der Waals surface area contributed by atoms with E-state index in [1.165, 1.54) is 26.2 Å². The Morgan fingerprint density at radius 2 is 2.00 bits per heavy atom. The van der Waals surface area contributed by atoms with Crippen LogP contribution in [0.15, 0.2) is 18.2 Å². The smallest absolute Gasteiger partial charge is 0.231 e. The van der Waals surface area contributed by atoms with Gasteiger partial charge in [-0.2, -0.15) is 0 Å². The highest BCUT2D eigenvalue weighted by molar-refractivity contribution is 6.45. The van der Waals surface area contributed by atoms with Crippen LogP contribution in [-0.2, 0) is 4.79 Å². The summed E-state index contributed by atoms with van der Waals surface area (Å²) in [5.41, 5.74) is 0.0178. The Labute approximate surface area is 92.3 Å². The second kappa shape index (κ2) is 4.76. The molecule has 1 aromatic rings. The van der Waals surface area contributed by atoms with Crippen molar-refractivity contribution in [3.8, 4) is 11.5 Å². The monoisotopic (exact) mass is 224 g/mol. The summed E-state index contributed by atoms with van der Waals surface area (Å²) < 4.78 is 4.79. The lowest BCUT2D eigenvalue weighted by Gasteiger charge is -2.06. The molecule has 1 rings (SSSR count). The molecule has 86 valence electrons. The zero-order chi connectivity index (χ0) is 12.3. The Balaban J connectivity index is 3.02. The van der Waals surface area contributed by atoms with E-state index < -0.39 is 17.7 Å². The standard InChI is InChI=1S/C11H12O5/c1-6(12)10(14)11(15)7-3-4-9(16-2)8(13)5-7/h3-6,12-13H,1-2H3. The molecule has 5 heteroatoms. The third-order valence-electron chi connectivity index (χ3n) is 2.04. The molecule has 0 amide bonds. The molecule has 0 aliphatic rings. The zero-order valence-corrected chi connectivity index (χ0v) is 8.93. The SMILES string of the molecule is COc1ccc(C(=O)C(=O)C(C)O)cc1O. The Morgan fingerprint density at radius 3 is 2.44 bits per heavy atom. The van der Waals surface area contributed by atoms with Gasteiger partial charge in [-0.1, -0.05) is 0 Å². The van der Waals surface area contributed by atoms with Gasteiger partial charge in [0.05, 0.1) is 7.11 Å². The average Bonchev–Trinajstić information content (AvgIpc) is 2.26. The maximum absolute atomic E-state index is 11.5. The zero-order valence-electron chi connectivity index (χ0n) is 8.93. The fraction of sp³-hybridized carbons (Fsp3) is 0.273. The van der Waals surface area contributed by atoms with Crippen molar-refractivity contribution in [3.05, 3.63) is 23.8 Å². The molecule has 0 radical (unpaired) electrons. The number of Topliss-reactive ketones (excluding diaryl/α,β-unsaturated/α-hetero) is 2. The Morgan fingerprint density at radius 1 is 1.38 bits per heavy atom. The molecule has 0 saturated heterocycles. The molecule has 1 unspecified atom stereocenters. The normalized spacial score (nSPS) is 11.9. The van der Waals surface area contributed by atoms with E-state index in [1.807, 2.05) is 0 Å². The van der Waals surface area contributed by atoms with Crippen molar-refractivity contribution >= 4 is 11.6 Å². The predicted octanol–water partition coefficient (Wildman–Crippen LogP) is 0.533. The number of ketones is 2. The van der Waals surface area contributed by atoms with E-state index in [-0.39, 0.29) is 17.1 Å². The summed E-state index contributed by atoms with van der Waals surface area (Å²) >= 11 is 0. The lowest BCUT2D eigenvalue weighted by Crippen LogP contribution is -2.25. The summed E-state index contributed by atoms with van der Waals surface area (Å²) in [5, 5.41) is 18.4. The van der Waals surface area contributed by atoms with E-state index in [2.05, 4.69) is 0 Å². The summed E-state index contributed by atoms with van der Waals surface area (Å²) in [6.07, 6.45) is -1.35. The van der Waals surface area contributed by atoms with Crippen molar-refractivity contribution < 1.29 is 24.5 Å². The van der Waals surface area contributed by atoms with Gasteiger partial charge in [-0.05, 0) is 25.1 Å². The molecular formula is C11H12O5. The number of phenols is 1. The van der Waals surface area contributed by atoms with Crippen LogP contribution in [0.2, 0.25) is 0 Å². The van der Waals surface area contributed by atoms with E-state index in [0.717, 1.165) is 6.07 Å². The van der Waals surface area contributed by atoms with E-state index in [4.69, 9.17) is 9.84 Å². The van der Waals surface area contributed by atoms with Crippen LogP contribution in [0.5, 0.6) is 11.5 Å². The summed E-state index contributed by atoms with van der Waals surface area (Å²) in [5.74, 6) is -1.77. The van der Waals surface area contributed by atoms with E-state index in [9.17, 15) is 14.7 Å². The van der Waals surface area contributed by atoms with Crippen LogP contribution in [0, 0.1) is 0 Å². The summed E-state index contributed by atoms with van der Waals surface area (Å²) in [6, 6.07) is 3.85. The molecule has 0 heterocycles. The van der Waals surface area contributed by atoms with Gasteiger partial charge in [-0.3, -0.25) is 9.59 Å². The van der Waals surface area contributed by atoms with E-state index >= 15 is 0 Å². The lowest BCUT2D eigenvalue weighted by molar-refractivity contribution is -0.121. The Hall–Kier alpha value is -1.88. The average molecular weight is 224 g/mol. The highest BCUT2D eigenvalue weighted by Crippen LogP contribution is 2.26. The van der Waals surface area contributed by atoms with Crippen molar-refractivity contribution in [3.63, 3.8) is 0 Å². The Kier molecular flexibility index (Phi) is 3.63. The fourth-order valence-electron chi connectivity index (χ4n) is 1.16. The summed E-state index contributed by atoms with van der Waals surface area (Å²) in [7, 11) is 1.37. The molecular weight excluding hydrogens is 212 g/mol. The van der Waals surface area contributed by atoms with Crippen LogP contribution in [0.1, 0.15) is 17.3 Å². The highest BCUT2D eigenvalue weighted by atomic mass is 16.5.